The molecular formula is C15H20N2O. The van der Waals surface area contributed by atoms with E-state index in [0.29, 0.717) is 18.2 Å². The summed E-state index contributed by atoms with van der Waals surface area (Å²) in [5.74, 6) is 0.782. The molecule has 3 nitrogen and oxygen atoms in total. The van der Waals surface area contributed by atoms with E-state index < -0.39 is 0 Å². The smallest absolute Gasteiger partial charge is 0.223 e. The lowest BCUT2D eigenvalue weighted by Gasteiger charge is -2.35. The molecule has 0 spiro atoms. The topological polar surface area (TPSA) is 25.2 Å². The van der Waals surface area contributed by atoms with Crippen LogP contribution in [0.4, 0.5) is 0 Å². The zero-order chi connectivity index (χ0) is 12.5. The third-order valence-corrected chi connectivity index (χ3v) is 4.21. The van der Waals surface area contributed by atoms with Crippen LogP contribution in [0.2, 0.25) is 0 Å². The van der Waals surface area contributed by atoms with E-state index in [4.69, 9.17) is 0 Å². The highest BCUT2D eigenvalue weighted by Gasteiger charge is 2.28. The molecule has 1 aliphatic carbocycles. The maximum absolute atomic E-state index is 12.4. The van der Waals surface area contributed by atoms with Crippen LogP contribution in [0.1, 0.15) is 37.9 Å². The monoisotopic (exact) mass is 244 g/mol. The van der Waals surface area contributed by atoms with Gasteiger partial charge >= 0.3 is 0 Å². The molecule has 1 aliphatic heterocycles. The zero-order valence-electron chi connectivity index (χ0n) is 10.9. The van der Waals surface area contributed by atoms with Gasteiger partial charge in [0.25, 0.3) is 0 Å². The van der Waals surface area contributed by atoms with Crippen molar-refractivity contribution in [1.29, 1.82) is 0 Å². The number of carbonyl (C=O) groups is 1. The number of allylic oxidation sites excluding steroid dienone is 2. The lowest BCUT2D eigenvalue weighted by Crippen LogP contribution is -2.41. The van der Waals surface area contributed by atoms with E-state index in [1.54, 1.807) is 0 Å². The number of carbonyl (C=O) groups excluding carboxylic acids is 1. The number of amides is 1. The third-order valence-electron chi connectivity index (χ3n) is 4.21. The molecule has 0 fully saturated rings. The van der Waals surface area contributed by atoms with Gasteiger partial charge in [-0.1, -0.05) is 12.2 Å². The maximum atomic E-state index is 12.4. The molecule has 1 aromatic rings. The van der Waals surface area contributed by atoms with E-state index in [2.05, 4.69) is 42.0 Å². The van der Waals surface area contributed by atoms with Crippen molar-refractivity contribution in [3.8, 4) is 0 Å². The number of aromatic nitrogens is 1. The quantitative estimate of drug-likeness (QED) is 0.734. The number of hydrogen-bond donors (Lipinski definition) is 0. The first-order valence-corrected chi connectivity index (χ1v) is 6.87. The molecule has 18 heavy (non-hydrogen) atoms. The number of rotatable bonds is 2. The molecule has 2 atom stereocenters. The summed E-state index contributed by atoms with van der Waals surface area (Å²) in [5, 5.41) is 0. The second-order valence-corrected chi connectivity index (χ2v) is 5.36. The number of fused-ring (bicyclic) bond motifs is 1. The van der Waals surface area contributed by atoms with Crippen LogP contribution in [-0.2, 0) is 11.3 Å². The van der Waals surface area contributed by atoms with Crippen molar-refractivity contribution >= 4 is 5.91 Å². The first-order valence-electron chi connectivity index (χ1n) is 6.87. The van der Waals surface area contributed by atoms with Crippen molar-refractivity contribution in [3.05, 3.63) is 36.2 Å². The minimum absolute atomic E-state index is 0.214. The molecule has 3 rings (SSSR count). The normalized spacial score (nSPS) is 26.4. The molecule has 1 amide bonds. The predicted octanol–water partition coefficient (Wildman–Crippen LogP) is 2.75. The van der Waals surface area contributed by atoms with E-state index in [-0.39, 0.29) is 6.04 Å². The van der Waals surface area contributed by atoms with Crippen LogP contribution in [0, 0.1) is 5.92 Å². The van der Waals surface area contributed by atoms with Crippen LogP contribution in [0.5, 0.6) is 0 Å². The molecule has 0 saturated heterocycles. The maximum Gasteiger partial charge on any atom is 0.223 e. The van der Waals surface area contributed by atoms with Crippen molar-refractivity contribution in [3.63, 3.8) is 0 Å². The predicted molar refractivity (Wildman–Crippen MR) is 71.0 cm³/mol. The van der Waals surface area contributed by atoms with Crippen molar-refractivity contribution in [2.75, 3.05) is 6.54 Å². The summed E-state index contributed by atoms with van der Waals surface area (Å²) in [4.78, 5) is 14.4. The first-order chi connectivity index (χ1) is 8.75. The molecule has 2 unspecified atom stereocenters. The summed E-state index contributed by atoms with van der Waals surface area (Å²) >= 11 is 0. The molecule has 0 radical (unpaired) electrons. The van der Waals surface area contributed by atoms with E-state index in [1.165, 1.54) is 5.69 Å². The van der Waals surface area contributed by atoms with Crippen LogP contribution in [0.25, 0.3) is 0 Å². The number of nitrogens with zero attached hydrogens (tertiary/aromatic N) is 2. The summed E-state index contributed by atoms with van der Waals surface area (Å²) in [5.41, 5.74) is 1.26. The van der Waals surface area contributed by atoms with Gasteiger partial charge in [-0.25, -0.2) is 0 Å². The lowest BCUT2D eigenvalue weighted by atomic mass is 10.0. The Bertz CT molecular complexity index is 475. The standard InChI is InChI=1S/C15H20N2O/c1-12-14-7-4-8-16(14)9-10-17(12)15(18)11-13-5-2-3-6-13/h2,4-5,7-8,12-13H,3,6,9-11H2,1H3. The van der Waals surface area contributed by atoms with Gasteiger partial charge in [0.2, 0.25) is 5.91 Å². The molecule has 3 heteroatoms. The van der Waals surface area contributed by atoms with Crippen molar-refractivity contribution in [2.24, 2.45) is 5.92 Å². The Kier molecular flexibility index (Phi) is 2.98. The van der Waals surface area contributed by atoms with E-state index in [1.807, 2.05) is 4.90 Å². The van der Waals surface area contributed by atoms with Gasteiger partial charge in [0, 0.05) is 31.4 Å². The van der Waals surface area contributed by atoms with Crippen molar-refractivity contribution in [2.45, 2.75) is 38.8 Å². The second-order valence-electron chi connectivity index (χ2n) is 5.36. The van der Waals surface area contributed by atoms with E-state index in [9.17, 15) is 4.79 Å². The Morgan fingerprint density at radius 3 is 3.11 bits per heavy atom. The molecule has 96 valence electrons. The Morgan fingerprint density at radius 2 is 2.33 bits per heavy atom. The molecule has 2 heterocycles. The van der Waals surface area contributed by atoms with Crippen LogP contribution in [0.3, 0.4) is 0 Å². The van der Waals surface area contributed by atoms with Crippen LogP contribution in [0.15, 0.2) is 30.5 Å². The SMILES string of the molecule is CC1c2cccn2CCN1C(=O)CC1C=CCC1. The highest BCUT2D eigenvalue weighted by atomic mass is 16.2. The minimum Gasteiger partial charge on any atom is -0.348 e. The highest BCUT2D eigenvalue weighted by molar-refractivity contribution is 5.77. The van der Waals surface area contributed by atoms with Gasteiger partial charge in [0.1, 0.15) is 0 Å². The Balaban J connectivity index is 1.69. The van der Waals surface area contributed by atoms with E-state index >= 15 is 0 Å². The second kappa shape index (κ2) is 4.63. The van der Waals surface area contributed by atoms with Gasteiger partial charge in [-0.15, -0.1) is 0 Å². The number of hydrogen-bond acceptors (Lipinski definition) is 1. The summed E-state index contributed by atoms with van der Waals surface area (Å²) in [6.45, 7) is 3.91. The van der Waals surface area contributed by atoms with Crippen LogP contribution < -0.4 is 0 Å². The van der Waals surface area contributed by atoms with Gasteiger partial charge in [-0.2, -0.15) is 0 Å². The van der Waals surface area contributed by atoms with Crippen LogP contribution in [-0.4, -0.2) is 21.9 Å². The molecule has 1 aromatic heterocycles. The third kappa shape index (κ3) is 1.98. The summed E-state index contributed by atoms with van der Waals surface area (Å²) in [7, 11) is 0. The Hall–Kier alpha value is -1.51. The summed E-state index contributed by atoms with van der Waals surface area (Å²) in [6.07, 6.45) is 9.47. The fourth-order valence-corrected chi connectivity index (χ4v) is 3.13. The van der Waals surface area contributed by atoms with Crippen molar-refractivity contribution < 1.29 is 4.79 Å². The summed E-state index contributed by atoms with van der Waals surface area (Å²) in [6, 6.07) is 4.41. The minimum atomic E-state index is 0.214. The molecule has 0 N–H and O–H groups in total. The van der Waals surface area contributed by atoms with Crippen LogP contribution >= 0.6 is 0 Å². The van der Waals surface area contributed by atoms with Gasteiger partial charge in [0.15, 0.2) is 0 Å². The fraction of sp³-hybridized carbons (Fsp3) is 0.533. The molecule has 2 aliphatic rings. The van der Waals surface area contributed by atoms with Gasteiger partial charge in [-0.3, -0.25) is 4.79 Å². The fourth-order valence-electron chi connectivity index (χ4n) is 3.13. The van der Waals surface area contributed by atoms with Gasteiger partial charge in [-0.05, 0) is 37.8 Å². The molecule has 0 bridgehead atoms. The van der Waals surface area contributed by atoms with Gasteiger partial charge < -0.3 is 9.47 Å². The Morgan fingerprint density at radius 1 is 1.44 bits per heavy atom. The largest absolute Gasteiger partial charge is 0.348 e. The zero-order valence-corrected chi connectivity index (χ0v) is 10.9. The lowest BCUT2D eigenvalue weighted by molar-refractivity contribution is -0.135. The van der Waals surface area contributed by atoms with Gasteiger partial charge in [0.05, 0.1) is 6.04 Å². The highest BCUT2D eigenvalue weighted by Crippen LogP contribution is 2.28. The first kappa shape index (κ1) is 11.6. The summed E-state index contributed by atoms with van der Waals surface area (Å²) < 4.78 is 2.25. The van der Waals surface area contributed by atoms with E-state index in [0.717, 1.165) is 25.9 Å². The average molecular weight is 244 g/mol. The Labute approximate surface area is 108 Å². The molecule has 0 aromatic carbocycles. The average Bonchev–Trinajstić information content (AvgIpc) is 2.99. The molecular weight excluding hydrogens is 224 g/mol. The van der Waals surface area contributed by atoms with Crippen molar-refractivity contribution in [1.82, 2.24) is 9.47 Å². The molecule has 0 saturated carbocycles.